The Morgan fingerprint density at radius 2 is 2.08 bits per heavy atom. The van der Waals surface area contributed by atoms with Gasteiger partial charge in [-0.1, -0.05) is 11.3 Å². The van der Waals surface area contributed by atoms with Crippen molar-refractivity contribution in [3.8, 4) is 5.75 Å². The van der Waals surface area contributed by atoms with Crippen molar-refractivity contribution in [3.05, 3.63) is 18.2 Å². The zero-order chi connectivity index (χ0) is 17.9. The van der Waals surface area contributed by atoms with Crippen LogP contribution in [0.2, 0.25) is 0 Å². The summed E-state index contributed by atoms with van der Waals surface area (Å²) < 4.78 is 40.8. The SMILES string of the molecule is CN(CC(=O)Nc1nc2ccc(OC(F)(F)F)cc2s1)C(=O)CN.Cl. The topological polar surface area (TPSA) is 97.5 Å². The molecule has 7 nitrogen and oxygen atoms in total. The summed E-state index contributed by atoms with van der Waals surface area (Å²) in [6, 6.07) is 3.67. The van der Waals surface area contributed by atoms with Gasteiger partial charge < -0.3 is 20.7 Å². The lowest BCUT2D eigenvalue weighted by atomic mass is 10.3. The van der Waals surface area contributed by atoms with Crippen molar-refractivity contribution in [1.82, 2.24) is 9.88 Å². The van der Waals surface area contributed by atoms with Crippen LogP contribution in [-0.4, -0.2) is 48.2 Å². The van der Waals surface area contributed by atoms with E-state index in [9.17, 15) is 22.8 Å². The molecule has 0 saturated carbocycles. The summed E-state index contributed by atoms with van der Waals surface area (Å²) in [5, 5.41) is 2.68. The summed E-state index contributed by atoms with van der Waals surface area (Å²) in [4.78, 5) is 28.4. The van der Waals surface area contributed by atoms with Gasteiger partial charge in [0, 0.05) is 13.1 Å². The second-order valence-electron chi connectivity index (χ2n) is 4.70. The Bertz CT molecular complexity index is 769. The molecule has 1 heterocycles. The molecule has 1 aromatic heterocycles. The largest absolute Gasteiger partial charge is 0.573 e. The van der Waals surface area contributed by atoms with Gasteiger partial charge >= 0.3 is 6.36 Å². The van der Waals surface area contributed by atoms with E-state index < -0.39 is 18.2 Å². The average molecular weight is 399 g/mol. The van der Waals surface area contributed by atoms with Gasteiger partial charge in [-0.05, 0) is 12.1 Å². The van der Waals surface area contributed by atoms with Crippen molar-refractivity contribution in [2.45, 2.75) is 6.36 Å². The van der Waals surface area contributed by atoms with E-state index >= 15 is 0 Å². The summed E-state index contributed by atoms with van der Waals surface area (Å²) in [5.41, 5.74) is 5.60. The number of aromatic nitrogens is 1. The van der Waals surface area contributed by atoms with Crippen LogP contribution < -0.4 is 15.8 Å². The molecule has 1 aromatic carbocycles. The first-order valence-electron chi connectivity index (χ1n) is 6.58. The van der Waals surface area contributed by atoms with Crippen molar-refractivity contribution in [1.29, 1.82) is 0 Å². The molecule has 138 valence electrons. The number of hydrogen-bond acceptors (Lipinski definition) is 6. The third kappa shape index (κ3) is 6.03. The molecule has 0 bridgehead atoms. The number of nitrogens with one attached hydrogen (secondary N) is 1. The van der Waals surface area contributed by atoms with Crippen LogP contribution in [0.25, 0.3) is 10.2 Å². The number of hydrogen-bond donors (Lipinski definition) is 2. The lowest BCUT2D eigenvalue weighted by Crippen LogP contribution is -2.38. The first kappa shape index (κ1) is 20.9. The molecule has 0 saturated heterocycles. The summed E-state index contributed by atoms with van der Waals surface area (Å²) >= 11 is 0.988. The third-order valence-corrected chi connectivity index (χ3v) is 3.75. The van der Waals surface area contributed by atoms with Gasteiger partial charge in [0.2, 0.25) is 11.8 Å². The zero-order valence-corrected chi connectivity index (χ0v) is 14.4. The first-order valence-corrected chi connectivity index (χ1v) is 7.40. The van der Waals surface area contributed by atoms with E-state index in [0.717, 1.165) is 22.3 Å². The number of carbonyl (C=O) groups is 2. The summed E-state index contributed by atoms with van der Waals surface area (Å²) in [6.07, 6.45) is -4.78. The fraction of sp³-hybridized carbons (Fsp3) is 0.308. The van der Waals surface area contributed by atoms with E-state index in [1.165, 1.54) is 19.2 Å². The van der Waals surface area contributed by atoms with Gasteiger partial charge in [-0.2, -0.15) is 0 Å². The molecule has 0 radical (unpaired) electrons. The Kier molecular flexibility index (Phi) is 6.96. The van der Waals surface area contributed by atoms with Crippen LogP contribution in [0.3, 0.4) is 0 Å². The minimum atomic E-state index is -4.78. The van der Waals surface area contributed by atoms with E-state index in [2.05, 4.69) is 15.0 Å². The number of nitrogens with zero attached hydrogens (tertiary/aromatic N) is 2. The highest BCUT2D eigenvalue weighted by Gasteiger charge is 2.31. The quantitative estimate of drug-likeness (QED) is 0.802. The fourth-order valence-corrected chi connectivity index (χ4v) is 2.68. The number of benzene rings is 1. The molecular formula is C13H14ClF3N4O3S. The molecule has 0 unspecified atom stereocenters. The van der Waals surface area contributed by atoms with Gasteiger partial charge in [0.15, 0.2) is 5.13 Å². The summed E-state index contributed by atoms with van der Waals surface area (Å²) in [6.45, 7) is -0.429. The molecule has 0 aliphatic carbocycles. The second-order valence-corrected chi connectivity index (χ2v) is 5.73. The van der Waals surface area contributed by atoms with Crippen molar-refractivity contribution in [2.24, 2.45) is 5.73 Å². The highest BCUT2D eigenvalue weighted by atomic mass is 35.5. The first-order chi connectivity index (χ1) is 11.2. The van der Waals surface area contributed by atoms with Gasteiger partial charge in [-0.15, -0.1) is 25.6 Å². The molecule has 25 heavy (non-hydrogen) atoms. The molecule has 0 aliphatic heterocycles. The number of ether oxygens (including phenoxy) is 1. The number of carbonyl (C=O) groups excluding carboxylic acids is 2. The highest BCUT2D eigenvalue weighted by molar-refractivity contribution is 7.22. The molecular weight excluding hydrogens is 385 g/mol. The van der Waals surface area contributed by atoms with Crippen LogP contribution in [0.4, 0.5) is 18.3 Å². The molecule has 2 amide bonds. The average Bonchev–Trinajstić information content (AvgIpc) is 2.85. The molecule has 0 fully saturated rings. The smallest absolute Gasteiger partial charge is 0.406 e. The Hall–Kier alpha value is -2.11. The van der Waals surface area contributed by atoms with Gasteiger partial charge in [-0.25, -0.2) is 4.98 Å². The minimum Gasteiger partial charge on any atom is -0.406 e. The third-order valence-electron chi connectivity index (χ3n) is 2.82. The lowest BCUT2D eigenvalue weighted by Gasteiger charge is -2.14. The Morgan fingerprint density at radius 1 is 1.40 bits per heavy atom. The zero-order valence-electron chi connectivity index (χ0n) is 12.8. The maximum absolute atomic E-state index is 12.2. The molecule has 3 N–H and O–H groups in total. The number of thiazole rings is 1. The standard InChI is InChI=1S/C13H13F3N4O3S.ClH/c1-20(11(22)5-17)6-10(21)19-12-18-8-3-2-7(4-9(8)24-12)23-13(14,15)16;/h2-4H,5-6,17H2,1H3,(H,18,19,21);1H. The molecule has 0 aliphatic rings. The molecule has 0 spiro atoms. The maximum atomic E-state index is 12.2. The van der Waals surface area contributed by atoms with E-state index in [1.54, 1.807) is 0 Å². The van der Waals surface area contributed by atoms with Gasteiger partial charge in [0.05, 0.1) is 23.3 Å². The van der Waals surface area contributed by atoms with Crippen molar-refractivity contribution < 1.29 is 27.5 Å². The minimum absolute atomic E-state index is 0. The predicted molar refractivity (Wildman–Crippen MR) is 88.9 cm³/mol. The lowest BCUT2D eigenvalue weighted by molar-refractivity contribution is -0.274. The van der Waals surface area contributed by atoms with Crippen LogP contribution in [0.15, 0.2) is 18.2 Å². The van der Waals surface area contributed by atoms with Crippen LogP contribution in [0.5, 0.6) is 5.75 Å². The van der Waals surface area contributed by atoms with E-state index in [1.807, 2.05) is 0 Å². The number of nitrogens with two attached hydrogens (primary N) is 1. The van der Waals surface area contributed by atoms with Gasteiger partial charge in [0.1, 0.15) is 5.75 Å². The Morgan fingerprint density at radius 3 is 2.68 bits per heavy atom. The normalized spacial score (nSPS) is 10.9. The van der Waals surface area contributed by atoms with Crippen LogP contribution in [0.1, 0.15) is 0 Å². The summed E-state index contributed by atoms with van der Waals surface area (Å²) in [7, 11) is 1.42. The summed E-state index contributed by atoms with van der Waals surface area (Å²) in [5.74, 6) is -1.27. The van der Waals surface area contributed by atoms with Gasteiger partial charge in [-0.3, -0.25) is 9.59 Å². The van der Waals surface area contributed by atoms with E-state index in [-0.39, 0.29) is 36.4 Å². The second kappa shape index (κ2) is 8.32. The van der Waals surface area contributed by atoms with Crippen LogP contribution in [-0.2, 0) is 9.59 Å². The van der Waals surface area contributed by atoms with E-state index in [0.29, 0.717) is 10.2 Å². The fourth-order valence-electron chi connectivity index (χ4n) is 1.77. The number of amides is 2. The molecule has 2 rings (SSSR count). The van der Waals surface area contributed by atoms with Gasteiger partial charge in [0.25, 0.3) is 0 Å². The molecule has 2 aromatic rings. The molecule has 0 atom stereocenters. The molecule has 12 heteroatoms. The Balaban J connectivity index is 0.00000312. The van der Waals surface area contributed by atoms with Crippen LogP contribution in [0, 0.1) is 0 Å². The van der Waals surface area contributed by atoms with Crippen molar-refractivity contribution in [2.75, 3.05) is 25.5 Å². The number of rotatable bonds is 5. The number of fused-ring (bicyclic) bond motifs is 1. The van der Waals surface area contributed by atoms with E-state index in [4.69, 9.17) is 5.73 Å². The van der Waals surface area contributed by atoms with Crippen molar-refractivity contribution >= 4 is 50.9 Å². The monoisotopic (exact) mass is 398 g/mol. The number of likely N-dealkylation sites (N-methyl/N-ethyl adjacent to an activating group) is 1. The number of halogens is 4. The van der Waals surface area contributed by atoms with Crippen LogP contribution >= 0.6 is 23.7 Å². The maximum Gasteiger partial charge on any atom is 0.573 e. The van der Waals surface area contributed by atoms with Crippen molar-refractivity contribution in [3.63, 3.8) is 0 Å². The Labute approximate surface area is 150 Å². The number of anilines is 1. The highest BCUT2D eigenvalue weighted by Crippen LogP contribution is 2.31. The predicted octanol–water partition coefficient (Wildman–Crippen LogP) is 1.97. The number of alkyl halides is 3.